The van der Waals surface area contributed by atoms with Gasteiger partial charge in [0.25, 0.3) is 0 Å². The summed E-state index contributed by atoms with van der Waals surface area (Å²) in [6, 6.07) is 16.4. The smallest absolute Gasteiger partial charge is 0.234 e. The van der Waals surface area contributed by atoms with Crippen molar-refractivity contribution in [3.63, 3.8) is 0 Å². The lowest BCUT2D eigenvalue weighted by molar-refractivity contribution is -0.113. The predicted molar refractivity (Wildman–Crippen MR) is 112 cm³/mol. The summed E-state index contributed by atoms with van der Waals surface area (Å²) in [4.78, 5) is 23.7. The molecule has 0 fully saturated rings. The molecule has 0 spiro atoms. The van der Waals surface area contributed by atoms with Crippen molar-refractivity contribution in [2.75, 3.05) is 11.1 Å². The maximum atomic E-state index is 12.3. The van der Waals surface area contributed by atoms with E-state index < -0.39 is 0 Å². The topological polar surface area (TPSA) is 86.1 Å². The number of para-hydroxylation sites is 1. The van der Waals surface area contributed by atoms with Gasteiger partial charge in [0.05, 0.1) is 5.75 Å². The van der Waals surface area contributed by atoms with Gasteiger partial charge in [-0.15, -0.1) is 10.2 Å². The number of benzene rings is 2. The van der Waals surface area contributed by atoms with E-state index in [1.54, 1.807) is 24.3 Å². The summed E-state index contributed by atoms with van der Waals surface area (Å²) < 4.78 is 7.71. The number of thioether (sulfide) groups is 1. The van der Waals surface area contributed by atoms with Crippen LogP contribution in [0, 0.1) is 0 Å². The fourth-order valence-electron chi connectivity index (χ4n) is 2.70. The number of Topliss-reactive ketones (excluding diaryl/α,β-unsaturated/α-hetero) is 1. The SMILES string of the molecule is CC(=O)c1cccc(NC(=O)CSc2nnc([C@@H](C)Oc3ccccc3)n2C)c1. The molecule has 0 aliphatic carbocycles. The number of carbonyl (C=O) groups is 2. The Kier molecular flexibility index (Phi) is 6.66. The molecular formula is C21H22N4O3S. The van der Waals surface area contributed by atoms with E-state index >= 15 is 0 Å². The lowest BCUT2D eigenvalue weighted by atomic mass is 10.1. The van der Waals surface area contributed by atoms with Crippen molar-refractivity contribution in [3.8, 4) is 5.75 Å². The van der Waals surface area contributed by atoms with E-state index in [1.807, 2.05) is 48.9 Å². The van der Waals surface area contributed by atoms with Crippen LogP contribution in [0.3, 0.4) is 0 Å². The van der Waals surface area contributed by atoms with E-state index in [2.05, 4.69) is 15.5 Å². The molecule has 0 saturated heterocycles. The van der Waals surface area contributed by atoms with E-state index in [-0.39, 0.29) is 23.5 Å². The van der Waals surface area contributed by atoms with Crippen molar-refractivity contribution in [2.45, 2.75) is 25.1 Å². The number of hydrogen-bond donors (Lipinski definition) is 1. The van der Waals surface area contributed by atoms with Crippen LogP contribution >= 0.6 is 11.8 Å². The highest BCUT2D eigenvalue weighted by molar-refractivity contribution is 7.99. The molecule has 0 saturated carbocycles. The number of nitrogens with one attached hydrogen (secondary N) is 1. The molecule has 3 rings (SSSR count). The van der Waals surface area contributed by atoms with Crippen LogP contribution in [0.25, 0.3) is 0 Å². The van der Waals surface area contributed by atoms with Gasteiger partial charge < -0.3 is 14.6 Å². The Labute approximate surface area is 173 Å². The second-order valence-electron chi connectivity index (χ2n) is 6.45. The van der Waals surface area contributed by atoms with Crippen LogP contribution in [-0.4, -0.2) is 32.2 Å². The molecule has 1 atom stereocenters. The second-order valence-corrected chi connectivity index (χ2v) is 7.39. The molecule has 0 unspecified atom stereocenters. The normalized spacial score (nSPS) is 11.7. The van der Waals surface area contributed by atoms with Crippen molar-refractivity contribution >= 4 is 29.1 Å². The van der Waals surface area contributed by atoms with Gasteiger partial charge in [0.1, 0.15) is 5.75 Å². The second kappa shape index (κ2) is 9.38. The number of aromatic nitrogens is 3. The molecule has 1 N–H and O–H groups in total. The van der Waals surface area contributed by atoms with Crippen LogP contribution in [0.15, 0.2) is 59.8 Å². The lowest BCUT2D eigenvalue weighted by Gasteiger charge is -2.14. The van der Waals surface area contributed by atoms with E-state index in [4.69, 9.17) is 4.74 Å². The first-order chi connectivity index (χ1) is 13.9. The van der Waals surface area contributed by atoms with Gasteiger partial charge in [-0.2, -0.15) is 0 Å². The number of hydrogen-bond acceptors (Lipinski definition) is 6. The molecule has 0 radical (unpaired) electrons. The Morgan fingerprint density at radius 2 is 1.90 bits per heavy atom. The van der Waals surface area contributed by atoms with Crippen LogP contribution < -0.4 is 10.1 Å². The van der Waals surface area contributed by atoms with Crippen molar-refractivity contribution in [1.82, 2.24) is 14.8 Å². The first-order valence-corrected chi connectivity index (χ1v) is 10.1. The Balaban J connectivity index is 1.58. The molecule has 0 bridgehead atoms. The Hall–Kier alpha value is -3.13. The van der Waals surface area contributed by atoms with Crippen LogP contribution in [0.2, 0.25) is 0 Å². The highest BCUT2D eigenvalue weighted by Crippen LogP contribution is 2.23. The van der Waals surface area contributed by atoms with Crippen molar-refractivity contribution in [3.05, 3.63) is 66.0 Å². The highest BCUT2D eigenvalue weighted by atomic mass is 32.2. The van der Waals surface area contributed by atoms with E-state index in [1.165, 1.54) is 18.7 Å². The summed E-state index contributed by atoms with van der Waals surface area (Å²) in [5.41, 5.74) is 1.15. The summed E-state index contributed by atoms with van der Waals surface area (Å²) in [7, 11) is 1.84. The first-order valence-electron chi connectivity index (χ1n) is 9.08. The molecule has 29 heavy (non-hydrogen) atoms. The third-order valence-electron chi connectivity index (χ3n) is 4.17. The zero-order chi connectivity index (χ0) is 20.8. The molecule has 2 aromatic carbocycles. The number of anilines is 1. The molecule has 1 aromatic heterocycles. The molecule has 0 aliphatic rings. The van der Waals surface area contributed by atoms with Crippen LogP contribution in [-0.2, 0) is 11.8 Å². The standard InChI is InChI=1S/C21H22N4O3S/c1-14(26)16-8-7-9-17(12-16)22-19(27)13-29-21-24-23-20(25(21)3)15(2)28-18-10-5-4-6-11-18/h4-12,15H,13H2,1-3H3,(H,22,27)/t15-/m1/s1. The number of carbonyl (C=O) groups excluding carboxylic acids is 2. The minimum Gasteiger partial charge on any atom is -0.483 e. The molecule has 3 aromatic rings. The largest absolute Gasteiger partial charge is 0.483 e. The Morgan fingerprint density at radius 3 is 2.62 bits per heavy atom. The number of rotatable bonds is 8. The van der Waals surface area contributed by atoms with Crippen LogP contribution in [0.5, 0.6) is 5.75 Å². The zero-order valence-corrected chi connectivity index (χ0v) is 17.3. The van der Waals surface area contributed by atoms with Gasteiger partial charge in [-0.3, -0.25) is 9.59 Å². The zero-order valence-electron chi connectivity index (χ0n) is 16.5. The Bertz CT molecular complexity index is 1000. The third kappa shape index (κ3) is 5.45. The van der Waals surface area contributed by atoms with Gasteiger partial charge in [0, 0.05) is 18.3 Å². The average molecular weight is 410 g/mol. The van der Waals surface area contributed by atoms with Crippen molar-refractivity contribution in [2.24, 2.45) is 7.05 Å². The van der Waals surface area contributed by atoms with Crippen molar-refractivity contribution < 1.29 is 14.3 Å². The van der Waals surface area contributed by atoms with E-state index in [9.17, 15) is 9.59 Å². The molecule has 7 nitrogen and oxygen atoms in total. The third-order valence-corrected chi connectivity index (χ3v) is 5.19. The number of amides is 1. The maximum Gasteiger partial charge on any atom is 0.234 e. The lowest BCUT2D eigenvalue weighted by Crippen LogP contribution is -2.15. The van der Waals surface area contributed by atoms with Crippen LogP contribution in [0.4, 0.5) is 5.69 Å². The molecule has 150 valence electrons. The van der Waals surface area contributed by atoms with Gasteiger partial charge in [-0.1, -0.05) is 42.1 Å². The first kappa shape index (κ1) is 20.6. The summed E-state index contributed by atoms with van der Waals surface area (Å²) >= 11 is 1.28. The van der Waals surface area contributed by atoms with E-state index in [0.717, 1.165) is 5.75 Å². The fraction of sp³-hybridized carbons (Fsp3) is 0.238. The summed E-state index contributed by atoms with van der Waals surface area (Å²) in [6.45, 7) is 3.39. The minimum atomic E-state index is -0.285. The number of nitrogens with zero attached hydrogens (tertiary/aromatic N) is 3. The Morgan fingerprint density at radius 1 is 1.14 bits per heavy atom. The van der Waals surface area contributed by atoms with Gasteiger partial charge in [-0.05, 0) is 38.1 Å². The van der Waals surface area contributed by atoms with Gasteiger partial charge in [-0.25, -0.2) is 0 Å². The maximum absolute atomic E-state index is 12.3. The summed E-state index contributed by atoms with van der Waals surface area (Å²) in [5.74, 6) is 1.36. The molecule has 1 amide bonds. The molecule has 1 heterocycles. The molecule has 8 heteroatoms. The fourth-order valence-corrected chi connectivity index (χ4v) is 3.42. The summed E-state index contributed by atoms with van der Waals surface area (Å²) in [5, 5.41) is 11.8. The molecule has 0 aliphatic heterocycles. The van der Waals surface area contributed by atoms with E-state index in [0.29, 0.717) is 22.2 Å². The predicted octanol–water partition coefficient (Wildman–Crippen LogP) is 3.89. The van der Waals surface area contributed by atoms with Crippen molar-refractivity contribution in [1.29, 1.82) is 0 Å². The minimum absolute atomic E-state index is 0.0473. The van der Waals surface area contributed by atoms with Gasteiger partial charge in [0.15, 0.2) is 22.9 Å². The van der Waals surface area contributed by atoms with Gasteiger partial charge >= 0.3 is 0 Å². The highest BCUT2D eigenvalue weighted by Gasteiger charge is 2.18. The quantitative estimate of drug-likeness (QED) is 0.448. The number of ether oxygens (including phenoxy) is 1. The average Bonchev–Trinajstić information content (AvgIpc) is 3.08. The van der Waals surface area contributed by atoms with Crippen LogP contribution in [0.1, 0.15) is 36.1 Å². The molecular weight excluding hydrogens is 388 g/mol. The monoisotopic (exact) mass is 410 g/mol. The summed E-state index contributed by atoms with van der Waals surface area (Å²) in [6.07, 6.45) is -0.285. The number of ketones is 1. The van der Waals surface area contributed by atoms with Gasteiger partial charge in [0.2, 0.25) is 5.91 Å².